The van der Waals surface area contributed by atoms with Gasteiger partial charge in [0.2, 0.25) is 0 Å². The van der Waals surface area contributed by atoms with E-state index in [1.54, 1.807) is 13.4 Å². The topological polar surface area (TPSA) is 73.1 Å². The Labute approximate surface area is 119 Å². The summed E-state index contributed by atoms with van der Waals surface area (Å²) in [6.07, 6.45) is 1.56. The highest BCUT2D eigenvalue weighted by Crippen LogP contribution is 2.30. The van der Waals surface area contributed by atoms with E-state index in [0.29, 0.717) is 13.1 Å². The number of nitrogens with two attached hydrogens (primary N) is 1. The highest BCUT2D eigenvalue weighted by atomic mass is 16.5. The number of methoxy groups -OCH3 is 1. The number of hydrogen-bond donors (Lipinski definition) is 2. The summed E-state index contributed by atoms with van der Waals surface area (Å²) in [6.45, 7) is 5.38. The molecule has 106 valence electrons. The fourth-order valence-corrected chi connectivity index (χ4v) is 2.10. The van der Waals surface area contributed by atoms with Crippen molar-refractivity contribution in [2.45, 2.75) is 13.8 Å². The van der Waals surface area contributed by atoms with Crippen molar-refractivity contribution in [1.29, 1.82) is 0 Å². The van der Waals surface area contributed by atoms with Gasteiger partial charge in [-0.1, -0.05) is 0 Å². The second-order valence-corrected chi connectivity index (χ2v) is 4.57. The minimum Gasteiger partial charge on any atom is -0.496 e. The predicted molar refractivity (Wildman–Crippen MR) is 81.0 cm³/mol. The third-order valence-electron chi connectivity index (χ3n) is 3.35. The molecule has 5 nitrogen and oxygen atoms in total. The van der Waals surface area contributed by atoms with Crippen LogP contribution in [0.1, 0.15) is 11.1 Å². The zero-order valence-electron chi connectivity index (χ0n) is 12.1. The van der Waals surface area contributed by atoms with Crippen molar-refractivity contribution in [2.24, 2.45) is 5.73 Å². The van der Waals surface area contributed by atoms with Crippen LogP contribution >= 0.6 is 0 Å². The van der Waals surface area contributed by atoms with Crippen molar-refractivity contribution < 1.29 is 4.74 Å². The van der Waals surface area contributed by atoms with Gasteiger partial charge in [-0.25, -0.2) is 9.97 Å². The minimum atomic E-state index is 0.569. The standard InChI is InChI=1S/C15H20N4O/c1-10-11(2)14(20-3)5-4-12(10)13-8-15(17-7-6-16)19-9-18-13/h4-5,8-9H,6-7,16H2,1-3H3,(H,17,18,19). The van der Waals surface area contributed by atoms with Gasteiger partial charge in [0.25, 0.3) is 0 Å². The molecule has 20 heavy (non-hydrogen) atoms. The molecule has 0 aliphatic carbocycles. The molecule has 0 unspecified atom stereocenters. The van der Waals surface area contributed by atoms with Crippen LogP contribution in [0.15, 0.2) is 24.5 Å². The lowest BCUT2D eigenvalue weighted by Crippen LogP contribution is -2.14. The van der Waals surface area contributed by atoms with Gasteiger partial charge in [-0.2, -0.15) is 0 Å². The molecule has 0 amide bonds. The van der Waals surface area contributed by atoms with Gasteiger partial charge < -0.3 is 15.8 Å². The minimum absolute atomic E-state index is 0.569. The van der Waals surface area contributed by atoms with E-state index in [1.165, 1.54) is 0 Å². The van der Waals surface area contributed by atoms with Crippen LogP contribution in [0.3, 0.4) is 0 Å². The molecular formula is C15H20N4O. The predicted octanol–water partition coefficient (Wildman–Crippen LogP) is 2.14. The summed E-state index contributed by atoms with van der Waals surface area (Å²) in [6, 6.07) is 5.92. The van der Waals surface area contributed by atoms with Gasteiger partial charge >= 0.3 is 0 Å². The monoisotopic (exact) mass is 272 g/mol. The number of hydrogen-bond acceptors (Lipinski definition) is 5. The largest absolute Gasteiger partial charge is 0.496 e. The van der Waals surface area contributed by atoms with Crippen molar-refractivity contribution in [3.05, 3.63) is 35.7 Å². The Hall–Kier alpha value is -2.14. The summed E-state index contributed by atoms with van der Waals surface area (Å²) in [5, 5.41) is 3.16. The number of rotatable bonds is 5. The average molecular weight is 272 g/mol. The molecular weight excluding hydrogens is 252 g/mol. The molecule has 0 saturated heterocycles. The fraction of sp³-hybridized carbons (Fsp3) is 0.333. The Morgan fingerprint density at radius 2 is 2.00 bits per heavy atom. The van der Waals surface area contributed by atoms with Crippen LogP contribution in [0.2, 0.25) is 0 Å². The molecule has 1 heterocycles. The molecule has 5 heteroatoms. The maximum absolute atomic E-state index is 5.48. The van der Waals surface area contributed by atoms with Gasteiger partial charge in [0.05, 0.1) is 12.8 Å². The van der Waals surface area contributed by atoms with E-state index in [2.05, 4.69) is 22.2 Å². The maximum Gasteiger partial charge on any atom is 0.129 e. The van der Waals surface area contributed by atoms with Crippen LogP contribution in [0.25, 0.3) is 11.3 Å². The smallest absolute Gasteiger partial charge is 0.129 e. The van der Waals surface area contributed by atoms with Crippen LogP contribution in [0.4, 0.5) is 5.82 Å². The van der Waals surface area contributed by atoms with Gasteiger partial charge in [-0.3, -0.25) is 0 Å². The van der Waals surface area contributed by atoms with Gasteiger partial charge in [0.15, 0.2) is 0 Å². The van der Waals surface area contributed by atoms with Crippen molar-refractivity contribution in [2.75, 3.05) is 25.5 Å². The Bertz CT molecular complexity index is 598. The van der Waals surface area contributed by atoms with Gasteiger partial charge in [0.1, 0.15) is 17.9 Å². The number of nitrogens with one attached hydrogen (secondary N) is 1. The first-order valence-electron chi connectivity index (χ1n) is 6.58. The van der Waals surface area contributed by atoms with E-state index < -0.39 is 0 Å². The molecule has 0 radical (unpaired) electrons. The second-order valence-electron chi connectivity index (χ2n) is 4.57. The summed E-state index contributed by atoms with van der Waals surface area (Å²) in [4.78, 5) is 8.54. The summed E-state index contributed by atoms with van der Waals surface area (Å²) >= 11 is 0. The first kappa shape index (κ1) is 14.3. The van der Waals surface area contributed by atoms with E-state index >= 15 is 0 Å². The molecule has 3 N–H and O–H groups in total. The molecule has 2 aromatic rings. The summed E-state index contributed by atoms with van der Waals surface area (Å²) in [7, 11) is 1.68. The maximum atomic E-state index is 5.48. The van der Waals surface area contributed by atoms with E-state index in [9.17, 15) is 0 Å². The van der Waals surface area contributed by atoms with Gasteiger partial charge in [-0.15, -0.1) is 0 Å². The third-order valence-corrected chi connectivity index (χ3v) is 3.35. The lowest BCUT2D eigenvalue weighted by Gasteiger charge is -2.13. The second kappa shape index (κ2) is 6.34. The molecule has 0 fully saturated rings. The van der Waals surface area contributed by atoms with E-state index in [0.717, 1.165) is 34.0 Å². The normalized spacial score (nSPS) is 10.4. The van der Waals surface area contributed by atoms with E-state index in [1.807, 2.05) is 25.1 Å². The fourth-order valence-electron chi connectivity index (χ4n) is 2.10. The Morgan fingerprint density at radius 3 is 2.70 bits per heavy atom. The average Bonchev–Trinajstić information content (AvgIpc) is 2.48. The first-order chi connectivity index (χ1) is 9.67. The molecule has 0 atom stereocenters. The van der Waals surface area contributed by atoms with Crippen LogP contribution in [-0.4, -0.2) is 30.2 Å². The number of benzene rings is 1. The Balaban J connectivity index is 2.39. The zero-order chi connectivity index (χ0) is 14.5. The third kappa shape index (κ3) is 2.88. The van der Waals surface area contributed by atoms with E-state index in [4.69, 9.17) is 10.5 Å². The van der Waals surface area contributed by atoms with Crippen molar-refractivity contribution in [3.8, 4) is 17.0 Å². The van der Waals surface area contributed by atoms with Gasteiger partial charge in [0, 0.05) is 24.7 Å². The molecule has 0 saturated carbocycles. The lowest BCUT2D eigenvalue weighted by atomic mass is 10.00. The molecule has 0 aliphatic heterocycles. The molecule has 0 spiro atoms. The Morgan fingerprint density at radius 1 is 1.20 bits per heavy atom. The van der Waals surface area contributed by atoms with Gasteiger partial charge in [-0.05, 0) is 37.1 Å². The zero-order valence-corrected chi connectivity index (χ0v) is 12.1. The molecule has 1 aromatic heterocycles. The van der Waals surface area contributed by atoms with Crippen LogP contribution in [0.5, 0.6) is 5.75 Å². The highest BCUT2D eigenvalue weighted by molar-refractivity contribution is 5.68. The van der Waals surface area contributed by atoms with Crippen molar-refractivity contribution in [3.63, 3.8) is 0 Å². The molecule has 1 aromatic carbocycles. The first-order valence-corrected chi connectivity index (χ1v) is 6.58. The lowest BCUT2D eigenvalue weighted by molar-refractivity contribution is 0.411. The number of ether oxygens (including phenoxy) is 1. The number of aromatic nitrogens is 2. The van der Waals surface area contributed by atoms with Crippen LogP contribution in [0, 0.1) is 13.8 Å². The molecule has 0 bridgehead atoms. The highest BCUT2D eigenvalue weighted by Gasteiger charge is 2.10. The van der Waals surface area contributed by atoms with Crippen LogP contribution < -0.4 is 15.8 Å². The van der Waals surface area contributed by atoms with Crippen molar-refractivity contribution in [1.82, 2.24) is 9.97 Å². The SMILES string of the molecule is COc1ccc(-c2cc(NCCN)ncn2)c(C)c1C. The quantitative estimate of drug-likeness (QED) is 0.872. The van der Waals surface area contributed by atoms with Crippen molar-refractivity contribution >= 4 is 5.82 Å². The summed E-state index contributed by atoms with van der Waals surface area (Å²) in [5.74, 6) is 1.68. The Kier molecular flexibility index (Phi) is 4.53. The molecule has 0 aliphatic rings. The summed E-state index contributed by atoms with van der Waals surface area (Å²) in [5.41, 5.74) is 9.74. The summed E-state index contributed by atoms with van der Waals surface area (Å²) < 4.78 is 5.33. The number of anilines is 1. The van der Waals surface area contributed by atoms with Crippen LogP contribution in [-0.2, 0) is 0 Å². The van der Waals surface area contributed by atoms with E-state index in [-0.39, 0.29) is 0 Å². The molecule has 2 rings (SSSR count). The number of nitrogens with zero attached hydrogens (tertiary/aromatic N) is 2.